The van der Waals surface area contributed by atoms with Crippen LogP contribution in [-0.2, 0) is 4.79 Å². The highest BCUT2D eigenvalue weighted by Gasteiger charge is 2.12. The summed E-state index contributed by atoms with van der Waals surface area (Å²) in [5.41, 5.74) is 1.07. The van der Waals surface area contributed by atoms with Crippen molar-refractivity contribution in [2.45, 2.75) is 6.92 Å². The van der Waals surface area contributed by atoms with Gasteiger partial charge in [-0.25, -0.2) is 0 Å². The number of rotatable bonds is 5. The van der Waals surface area contributed by atoms with Crippen molar-refractivity contribution in [2.75, 3.05) is 25.5 Å². The van der Waals surface area contributed by atoms with E-state index in [0.717, 1.165) is 0 Å². The Morgan fingerprint density at radius 2 is 2.00 bits per heavy atom. The maximum absolute atomic E-state index is 11.9. The number of hydrogen-bond donors (Lipinski definition) is 3. The predicted molar refractivity (Wildman–Crippen MR) is 72.0 cm³/mol. The zero-order valence-electron chi connectivity index (χ0n) is 10.3. The maximum atomic E-state index is 11.9. The second kappa shape index (κ2) is 6.86. The van der Waals surface area contributed by atoms with Crippen molar-refractivity contribution < 1.29 is 9.59 Å². The molecule has 0 heterocycles. The van der Waals surface area contributed by atoms with Gasteiger partial charge in [-0.3, -0.25) is 9.59 Å². The predicted octanol–water partition coefficient (Wildman–Crippen LogP) is 1.25. The van der Waals surface area contributed by atoms with Crippen molar-refractivity contribution in [1.29, 1.82) is 0 Å². The Kier molecular flexibility index (Phi) is 5.45. The van der Waals surface area contributed by atoms with Crippen molar-refractivity contribution in [2.24, 2.45) is 0 Å². The van der Waals surface area contributed by atoms with Crippen molar-refractivity contribution in [1.82, 2.24) is 10.6 Å². The van der Waals surface area contributed by atoms with E-state index in [-0.39, 0.29) is 18.4 Å². The van der Waals surface area contributed by atoms with Gasteiger partial charge in [-0.05, 0) is 25.1 Å². The third-order valence-electron chi connectivity index (χ3n) is 2.28. The van der Waals surface area contributed by atoms with Gasteiger partial charge >= 0.3 is 0 Å². The molecule has 2 amide bonds. The Bertz CT molecular complexity index is 449. The molecule has 0 unspecified atom stereocenters. The molecule has 1 rings (SSSR count). The summed E-state index contributed by atoms with van der Waals surface area (Å²) < 4.78 is 0. The minimum absolute atomic E-state index is 0.0532. The molecule has 0 atom stereocenters. The summed E-state index contributed by atoms with van der Waals surface area (Å²) in [4.78, 5) is 23.1. The van der Waals surface area contributed by atoms with Crippen LogP contribution in [0.4, 0.5) is 5.69 Å². The van der Waals surface area contributed by atoms with Crippen molar-refractivity contribution in [3.05, 3.63) is 28.8 Å². The maximum Gasteiger partial charge on any atom is 0.253 e. The number of carbonyl (C=O) groups excluding carboxylic acids is 2. The van der Waals surface area contributed by atoms with Crippen molar-refractivity contribution in [3.63, 3.8) is 0 Å². The molecule has 0 saturated heterocycles. The van der Waals surface area contributed by atoms with Gasteiger partial charge in [0.2, 0.25) is 5.91 Å². The lowest BCUT2D eigenvalue weighted by Gasteiger charge is -2.10. The Morgan fingerprint density at radius 1 is 1.28 bits per heavy atom. The molecule has 6 heteroatoms. The molecule has 0 radical (unpaired) electrons. The highest BCUT2D eigenvalue weighted by Crippen LogP contribution is 2.19. The van der Waals surface area contributed by atoms with Gasteiger partial charge in [0.1, 0.15) is 0 Å². The Labute approximate surface area is 111 Å². The van der Waals surface area contributed by atoms with E-state index in [0.29, 0.717) is 22.8 Å². The van der Waals surface area contributed by atoms with Crippen LogP contribution >= 0.6 is 11.6 Å². The molecule has 1 aromatic rings. The SMILES string of the molecule is CCNC(=O)CNC(=O)c1cc(Cl)ccc1NC. The second-order valence-corrected chi connectivity index (χ2v) is 4.01. The van der Waals surface area contributed by atoms with E-state index in [1.165, 1.54) is 0 Å². The number of carbonyl (C=O) groups is 2. The molecule has 0 aliphatic carbocycles. The van der Waals surface area contributed by atoms with Crippen LogP contribution in [-0.4, -0.2) is 32.0 Å². The summed E-state index contributed by atoms with van der Waals surface area (Å²) in [6.07, 6.45) is 0. The first-order valence-electron chi connectivity index (χ1n) is 5.60. The smallest absolute Gasteiger partial charge is 0.253 e. The van der Waals surface area contributed by atoms with E-state index >= 15 is 0 Å². The molecule has 0 aromatic heterocycles. The minimum atomic E-state index is -0.340. The number of hydrogen-bond acceptors (Lipinski definition) is 3. The number of halogens is 1. The Hall–Kier alpha value is -1.75. The lowest BCUT2D eigenvalue weighted by Crippen LogP contribution is -2.36. The van der Waals surface area contributed by atoms with E-state index in [4.69, 9.17) is 11.6 Å². The molecule has 0 spiro atoms. The highest BCUT2D eigenvalue weighted by atomic mass is 35.5. The molecule has 0 aliphatic heterocycles. The highest BCUT2D eigenvalue weighted by molar-refractivity contribution is 6.31. The van der Waals surface area contributed by atoms with Gasteiger partial charge in [-0.15, -0.1) is 0 Å². The topological polar surface area (TPSA) is 70.2 Å². The van der Waals surface area contributed by atoms with Crippen LogP contribution < -0.4 is 16.0 Å². The molecule has 1 aromatic carbocycles. The van der Waals surface area contributed by atoms with Crippen LogP contribution in [0.25, 0.3) is 0 Å². The van der Waals surface area contributed by atoms with Crippen LogP contribution in [0, 0.1) is 0 Å². The van der Waals surface area contributed by atoms with Gasteiger partial charge < -0.3 is 16.0 Å². The lowest BCUT2D eigenvalue weighted by molar-refractivity contribution is -0.120. The summed E-state index contributed by atoms with van der Waals surface area (Å²) in [6.45, 7) is 2.30. The van der Waals surface area contributed by atoms with Gasteiger partial charge in [-0.2, -0.15) is 0 Å². The summed E-state index contributed by atoms with van der Waals surface area (Å²) in [5.74, 6) is -0.563. The summed E-state index contributed by atoms with van der Waals surface area (Å²) in [5, 5.41) is 8.50. The third-order valence-corrected chi connectivity index (χ3v) is 2.51. The molecule has 5 nitrogen and oxygen atoms in total. The number of benzene rings is 1. The fourth-order valence-corrected chi connectivity index (χ4v) is 1.61. The largest absolute Gasteiger partial charge is 0.387 e. The quantitative estimate of drug-likeness (QED) is 0.753. The minimum Gasteiger partial charge on any atom is -0.387 e. The monoisotopic (exact) mass is 269 g/mol. The number of likely N-dealkylation sites (N-methyl/N-ethyl adjacent to an activating group) is 1. The molecule has 3 N–H and O–H groups in total. The van der Waals surface area contributed by atoms with Gasteiger partial charge in [0, 0.05) is 24.3 Å². The second-order valence-electron chi connectivity index (χ2n) is 3.58. The van der Waals surface area contributed by atoms with Crippen LogP contribution in [0.1, 0.15) is 17.3 Å². The van der Waals surface area contributed by atoms with E-state index in [1.807, 2.05) is 6.92 Å². The number of amides is 2. The van der Waals surface area contributed by atoms with E-state index in [1.54, 1.807) is 25.2 Å². The van der Waals surface area contributed by atoms with E-state index < -0.39 is 0 Å². The van der Waals surface area contributed by atoms with Gasteiger partial charge in [0.25, 0.3) is 5.91 Å². The fraction of sp³-hybridized carbons (Fsp3) is 0.333. The zero-order chi connectivity index (χ0) is 13.5. The van der Waals surface area contributed by atoms with Crippen LogP contribution in [0.5, 0.6) is 0 Å². The average Bonchev–Trinajstić information content (AvgIpc) is 2.36. The van der Waals surface area contributed by atoms with Gasteiger partial charge in [0.05, 0.1) is 12.1 Å². The van der Waals surface area contributed by atoms with Crippen molar-refractivity contribution in [3.8, 4) is 0 Å². The van der Waals surface area contributed by atoms with Crippen molar-refractivity contribution >= 4 is 29.1 Å². The molecular weight excluding hydrogens is 254 g/mol. The average molecular weight is 270 g/mol. The fourth-order valence-electron chi connectivity index (χ4n) is 1.44. The Balaban J connectivity index is 2.71. The van der Waals surface area contributed by atoms with E-state index in [2.05, 4.69) is 16.0 Å². The third kappa shape index (κ3) is 3.92. The van der Waals surface area contributed by atoms with Gasteiger partial charge in [-0.1, -0.05) is 11.6 Å². The summed E-state index contributed by atoms with van der Waals surface area (Å²) in [7, 11) is 1.71. The summed E-state index contributed by atoms with van der Waals surface area (Å²) in [6, 6.07) is 4.96. The molecule has 18 heavy (non-hydrogen) atoms. The van der Waals surface area contributed by atoms with Crippen LogP contribution in [0.15, 0.2) is 18.2 Å². The first kappa shape index (κ1) is 14.3. The normalized spacial score (nSPS) is 9.72. The molecule has 98 valence electrons. The van der Waals surface area contributed by atoms with Crippen LogP contribution in [0.2, 0.25) is 5.02 Å². The van der Waals surface area contributed by atoms with Crippen LogP contribution in [0.3, 0.4) is 0 Å². The van der Waals surface area contributed by atoms with E-state index in [9.17, 15) is 9.59 Å². The number of nitrogens with one attached hydrogen (secondary N) is 3. The molecular formula is C12H16ClN3O2. The summed E-state index contributed by atoms with van der Waals surface area (Å²) >= 11 is 5.84. The molecule has 0 aliphatic rings. The molecule has 0 fully saturated rings. The first-order valence-corrected chi connectivity index (χ1v) is 5.98. The first-order chi connectivity index (χ1) is 8.58. The lowest BCUT2D eigenvalue weighted by atomic mass is 10.1. The zero-order valence-corrected chi connectivity index (χ0v) is 11.1. The number of anilines is 1. The standard InChI is InChI=1S/C12H16ClN3O2/c1-3-15-11(17)7-16-12(18)9-6-8(13)4-5-10(9)14-2/h4-6,14H,3,7H2,1-2H3,(H,15,17)(H,16,18). The van der Waals surface area contributed by atoms with Gasteiger partial charge in [0.15, 0.2) is 0 Å². The molecule has 0 bridgehead atoms. The molecule has 0 saturated carbocycles. The Morgan fingerprint density at radius 3 is 2.61 bits per heavy atom.